The monoisotopic (exact) mass is 1710 g/mol. The summed E-state index contributed by atoms with van der Waals surface area (Å²) in [7, 11) is -3.40. The van der Waals surface area contributed by atoms with E-state index in [1.807, 2.05) is 44.2 Å². The summed E-state index contributed by atoms with van der Waals surface area (Å²) in [6, 6.07) is 14.4. The van der Waals surface area contributed by atoms with Crippen molar-refractivity contribution in [1.82, 2.24) is 37.2 Å². The van der Waals surface area contributed by atoms with Crippen LogP contribution < -0.4 is 62.9 Å². The van der Waals surface area contributed by atoms with Crippen LogP contribution in [0.4, 0.5) is 0 Å². The number of rotatable bonds is 16. The van der Waals surface area contributed by atoms with Crippen molar-refractivity contribution in [3.05, 3.63) is 171 Å². The lowest BCUT2D eigenvalue weighted by Crippen LogP contribution is -2.64. The number of hydrogen-bond acceptors (Lipinski definition) is 27. The summed E-state index contributed by atoms with van der Waals surface area (Å²) in [4.78, 5) is 118. The van der Waals surface area contributed by atoms with Crippen molar-refractivity contribution in [2.75, 3.05) is 13.7 Å². The zero-order valence-corrected chi connectivity index (χ0v) is 66.5. The molecule has 0 aromatic heterocycles. The van der Waals surface area contributed by atoms with Crippen molar-refractivity contribution in [2.24, 2.45) is 17.4 Å². The quantitative estimate of drug-likeness (QED) is 0.0470. The zero-order chi connectivity index (χ0) is 86.2. The summed E-state index contributed by atoms with van der Waals surface area (Å²) < 4.78 is 74.6. The second-order valence-electron chi connectivity index (χ2n) is 30.7. The SMILES string of the molecule is CN[C@H](CC(C)C)C(=O)N[C@H]1C(=O)N[C@@H](CC(N)=O)C(=O)NC2C(=O)NC3C(=O)N[C@H](C(=O)N[C@@H](C(=O)O)c4cc(O)cc(O)c4-c4cc3ccc4O)[C@H](O)c3ccc(c(Cl)c3)Oc3cc2cc(c3OC2OC(COS(=O)(=O)c3cc4ccc5cccc6ccc(c3)c4c56)C(O)C(O)C2OC2CC(C)(N)C(O)C(C)O2)Oc2ccc(cc2Cl)[C@H]1O. The number of hydrogen-bond donors (Lipinski definition) is 18. The van der Waals surface area contributed by atoms with Gasteiger partial charge >= 0.3 is 5.97 Å². The number of fused-ring (bicyclic) bond motifs is 15. The normalized spacial score (nSPS) is 26.9. The summed E-state index contributed by atoms with van der Waals surface area (Å²) in [6.07, 6.45) is -20.2. The van der Waals surface area contributed by atoms with Gasteiger partial charge in [-0.05, 0) is 155 Å². The third-order valence-corrected chi connectivity index (χ3v) is 23.6. The van der Waals surface area contributed by atoms with Gasteiger partial charge in [-0.25, -0.2) is 4.79 Å². The lowest BCUT2D eigenvalue weighted by molar-refractivity contribution is -0.333. The number of amides is 7. The van der Waals surface area contributed by atoms with Gasteiger partial charge in [0.2, 0.25) is 53.4 Å². The molecule has 632 valence electrons. The number of nitrogens with one attached hydrogen (secondary N) is 7. The summed E-state index contributed by atoms with van der Waals surface area (Å²) in [5.74, 6) is -16.7. The van der Waals surface area contributed by atoms with Crippen LogP contribution >= 0.6 is 23.2 Å². The first-order valence-corrected chi connectivity index (χ1v) is 39.9. The van der Waals surface area contributed by atoms with Gasteiger partial charge < -0.3 is 123 Å². The van der Waals surface area contributed by atoms with E-state index in [1.165, 1.54) is 45.2 Å². The molecule has 9 aromatic rings. The first kappa shape index (κ1) is 85.1. The number of carboxylic acids is 1. The second-order valence-corrected chi connectivity index (χ2v) is 33.2. The molecular formula is C82H83Cl2N9O26S. The summed E-state index contributed by atoms with van der Waals surface area (Å²) >= 11 is 14.4. The molecule has 20 N–H and O–H groups in total. The number of primary amides is 1. The maximum absolute atomic E-state index is 16.3. The number of aliphatic carboxylic acids is 1. The number of phenols is 3. The molecule has 0 radical (unpaired) electrons. The van der Waals surface area contributed by atoms with Crippen LogP contribution in [0.2, 0.25) is 10.0 Å². The summed E-state index contributed by atoms with van der Waals surface area (Å²) in [6.45, 7) is 5.48. The van der Waals surface area contributed by atoms with E-state index in [0.29, 0.717) is 10.8 Å². The fraction of sp³-hybridized carbons (Fsp3) is 0.341. The Morgan fingerprint density at radius 1 is 0.658 bits per heavy atom. The molecule has 11 unspecified atom stereocenters. The zero-order valence-electron chi connectivity index (χ0n) is 64.2. The molecule has 120 heavy (non-hydrogen) atoms. The minimum Gasteiger partial charge on any atom is -0.508 e. The Morgan fingerprint density at radius 3 is 1.85 bits per heavy atom. The lowest BCUT2D eigenvalue weighted by atomic mass is 9.86. The molecular weight excluding hydrogens is 1630 g/mol. The number of carboxylic acid groups (broad SMARTS) is 1. The van der Waals surface area contributed by atoms with Gasteiger partial charge in [0, 0.05) is 34.7 Å². The molecule has 2 saturated heterocycles. The average molecular weight is 1710 g/mol. The molecule has 35 nitrogen and oxygen atoms in total. The van der Waals surface area contributed by atoms with E-state index in [1.54, 1.807) is 12.1 Å². The predicted molar refractivity (Wildman–Crippen MR) is 425 cm³/mol. The third-order valence-electron chi connectivity index (χ3n) is 21.7. The molecule has 0 saturated carbocycles. The van der Waals surface area contributed by atoms with Gasteiger partial charge in [0.05, 0.1) is 46.2 Å². The number of aliphatic hydroxyl groups is 5. The molecule has 38 heteroatoms. The van der Waals surface area contributed by atoms with E-state index >= 15 is 24.0 Å². The van der Waals surface area contributed by atoms with Crippen LogP contribution in [0.25, 0.3) is 43.4 Å². The fourth-order valence-electron chi connectivity index (χ4n) is 15.6. The Labute approximate surface area is 692 Å². The highest BCUT2D eigenvalue weighted by molar-refractivity contribution is 7.86. The van der Waals surface area contributed by atoms with Crippen LogP contribution in [0.15, 0.2) is 138 Å². The largest absolute Gasteiger partial charge is 0.508 e. The van der Waals surface area contributed by atoms with Crippen molar-refractivity contribution >= 4 is 113 Å². The topological polar surface area (TPSA) is 554 Å². The molecule has 9 aromatic carbocycles. The Kier molecular flexibility index (Phi) is 23.9. The number of carbonyl (C=O) groups is 8. The highest BCUT2D eigenvalue weighted by Crippen LogP contribution is 2.51. The maximum Gasteiger partial charge on any atom is 0.330 e. The molecule has 7 aliphatic heterocycles. The highest BCUT2D eigenvalue weighted by atomic mass is 35.5. The molecule has 16 rings (SSSR count). The van der Waals surface area contributed by atoms with Gasteiger partial charge in [0.1, 0.15) is 89.5 Å². The van der Waals surface area contributed by atoms with Crippen LogP contribution in [-0.4, -0.2) is 194 Å². The van der Waals surface area contributed by atoms with Crippen LogP contribution in [0.5, 0.6) is 46.0 Å². The molecule has 7 aliphatic rings. The predicted octanol–water partition coefficient (Wildman–Crippen LogP) is 4.42. The first-order chi connectivity index (χ1) is 56.8. The van der Waals surface area contributed by atoms with Crippen molar-refractivity contribution in [3.63, 3.8) is 0 Å². The summed E-state index contributed by atoms with van der Waals surface area (Å²) in [5.41, 5.74) is 7.89. The molecule has 2 fully saturated rings. The molecule has 7 heterocycles. The Bertz CT molecular complexity index is 5660. The number of ether oxygens (including phenoxy) is 6. The van der Waals surface area contributed by atoms with E-state index in [9.17, 15) is 68.8 Å². The van der Waals surface area contributed by atoms with Gasteiger partial charge in [0.25, 0.3) is 10.1 Å². The van der Waals surface area contributed by atoms with Crippen LogP contribution in [0.3, 0.4) is 0 Å². The van der Waals surface area contributed by atoms with E-state index in [-0.39, 0.29) is 40.3 Å². The maximum atomic E-state index is 16.3. The van der Waals surface area contributed by atoms with E-state index in [4.69, 9.17) is 67.3 Å². The van der Waals surface area contributed by atoms with Crippen LogP contribution in [0.1, 0.15) is 105 Å². The van der Waals surface area contributed by atoms with E-state index in [0.717, 1.165) is 88.3 Å². The number of likely N-dealkylation sites (N-methyl/N-ethyl adjacent to an activating group) is 1. The number of nitrogens with two attached hydrogens (primary N) is 2. The standard InChI is InChI=1S/C82H83Cl2N9O26S/c1-32(2)19-48(87-5)74(103)92-65-67(98)39-14-17-52(46(83)23-39)115-54-25-41-26-55(71(54)119-81-72(118-58-30-82(4,86)73(102)33(3)114-58)70(101)69(100)56(117-81)31-113-120(111,112)43-20-36-11-9-34-7-6-8-35-10-12-37(21-43)60(36)59(34)35)116-53-18-15-40(24-47(53)84)68(99)66-79(108)91-64(80(109)110)45-27-42(94)28-51(96)61(45)44-22-38(13-16-50(44)95)62(76(105)93-66)90-77(106)63(41)89-75(104)49(29-57(85)97)88-78(65)107/h6-18,20-28,32-33,48-49,56,58,62-70,72-73,81,87,94-96,98-102H,19,29-31,86H2,1-5H3,(H2,85,97)(H,88,107)(H,89,104)(H,90,106)(H,91,108)(H,92,103)(H,93,105)(H,109,110)/t33?,48-,49+,56?,58?,62?,63?,64-,65-,66+,67-,68-,69?,70?,72?,73?,81?,82?/m1/s1. The first-order valence-electron chi connectivity index (χ1n) is 37.8. The minimum atomic E-state index is -4.87. The van der Waals surface area contributed by atoms with Crippen LogP contribution in [0, 0.1) is 5.92 Å². The van der Waals surface area contributed by atoms with Gasteiger partial charge in [0.15, 0.2) is 29.9 Å². The van der Waals surface area contributed by atoms with Gasteiger partial charge in [-0.3, -0.25) is 37.7 Å². The van der Waals surface area contributed by atoms with E-state index < -0.39 is 258 Å². The molecule has 7 amide bonds. The Morgan fingerprint density at radius 2 is 1.25 bits per heavy atom. The smallest absolute Gasteiger partial charge is 0.330 e. The number of phenolic OH excluding ortho intramolecular Hbond substituents is 3. The second kappa shape index (κ2) is 33.7. The van der Waals surface area contributed by atoms with Crippen molar-refractivity contribution < 1.29 is 125 Å². The van der Waals surface area contributed by atoms with E-state index in [2.05, 4.69) is 37.2 Å². The Hall–Kier alpha value is -11.3. The minimum absolute atomic E-state index is 0.127. The van der Waals surface area contributed by atoms with Crippen molar-refractivity contribution in [3.8, 4) is 57.1 Å². The number of aliphatic hydroxyl groups excluding tert-OH is 5. The number of benzene rings is 9. The van der Waals surface area contributed by atoms with Gasteiger partial charge in [-0.15, -0.1) is 0 Å². The highest BCUT2D eigenvalue weighted by Gasteiger charge is 2.52. The van der Waals surface area contributed by atoms with Gasteiger partial charge in [-0.1, -0.05) is 97.7 Å². The third kappa shape index (κ3) is 17.0. The summed E-state index contributed by atoms with van der Waals surface area (Å²) in [5, 5.41) is 127. The molecule has 0 aliphatic carbocycles. The number of halogens is 2. The van der Waals surface area contributed by atoms with Gasteiger partial charge in [-0.2, -0.15) is 8.42 Å². The average Bonchev–Trinajstić information content (AvgIpc) is 0.736. The fourth-order valence-corrected chi connectivity index (χ4v) is 17.0. The molecule has 0 spiro atoms. The number of aromatic hydroxyl groups is 3. The molecule has 18 atom stereocenters. The number of carbonyl (C=O) groups excluding carboxylic acids is 7. The van der Waals surface area contributed by atoms with Crippen molar-refractivity contribution in [1.29, 1.82) is 0 Å². The molecule has 11 bridgehead atoms. The Balaban J connectivity index is 0.969. The van der Waals surface area contributed by atoms with Crippen molar-refractivity contribution in [2.45, 2.75) is 161 Å². The van der Waals surface area contributed by atoms with Crippen LogP contribution in [-0.2, 0) is 66.9 Å². The lowest BCUT2D eigenvalue weighted by Gasteiger charge is -2.47.